The zero-order chi connectivity index (χ0) is 13.2. The van der Waals surface area contributed by atoms with Crippen molar-refractivity contribution in [1.82, 2.24) is 9.97 Å². The van der Waals surface area contributed by atoms with Crippen LogP contribution in [0.2, 0.25) is 5.02 Å². The van der Waals surface area contributed by atoms with E-state index in [2.05, 4.69) is 9.97 Å². The number of rotatable bonds is 2. The van der Waals surface area contributed by atoms with Gasteiger partial charge in [0.1, 0.15) is 6.10 Å². The molecule has 0 radical (unpaired) electrons. The fraction of sp³-hybridized carbons (Fsp3) is 0.0667. The van der Waals surface area contributed by atoms with Gasteiger partial charge in [0.15, 0.2) is 0 Å². The molecular formula is C15H11ClN2O. The number of pyridine rings is 2. The van der Waals surface area contributed by atoms with Crippen LogP contribution in [-0.4, -0.2) is 15.1 Å². The fourth-order valence-electron chi connectivity index (χ4n) is 2.14. The van der Waals surface area contributed by atoms with Gasteiger partial charge in [-0.3, -0.25) is 9.97 Å². The van der Waals surface area contributed by atoms with Gasteiger partial charge in [-0.05, 0) is 23.8 Å². The molecule has 3 nitrogen and oxygen atoms in total. The molecule has 2 aromatic heterocycles. The Morgan fingerprint density at radius 1 is 1.00 bits per heavy atom. The van der Waals surface area contributed by atoms with Gasteiger partial charge >= 0.3 is 0 Å². The number of aromatic nitrogens is 2. The largest absolute Gasteiger partial charge is 0.384 e. The van der Waals surface area contributed by atoms with Crippen LogP contribution < -0.4 is 0 Å². The first kappa shape index (κ1) is 12.1. The predicted molar refractivity (Wildman–Crippen MR) is 75.1 cm³/mol. The molecule has 1 atom stereocenters. The lowest BCUT2D eigenvalue weighted by Gasteiger charge is -2.14. The van der Waals surface area contributed by atoms with E-state index in [0.717, 1.165) is 16.5 Å². The number of halogens is 1. The Balaban J connectivity index is 2.17. The van der Waals surface area contributed by atoms with E-state index in [1.807, 2.05) is 30.3 Å². The van der Waals surface area contributed by atoms with Crippen LogP contribution in [0.4, 0.5) is 0 Å². The van der Waals surface area contributed by atoms with Gasteiger partial charge in [0, 0.05) is 29.5 Å². The molecule has 3 rings (SSSR count). The summed E-state index contributed by atoms with van der Waals surface area (Å²) in [4.78, 5) is 8.21. The van der Waals surface area contributed by atoms with Gasteiger partial charge in [-0.1, -0.05) is 29.8 Å². The Morgan fingerprint density at radius 2 is 1.89 bits per heavy atom. The molecule has 1 N–H and O–H groups in total. The molecule has 0 fully saturated rings. The normalized spacial score (nSPS) is 12.5. The fourth-order valence-corrected chi connectivity index (χ4v) is 2.36. The molecule has 0 aliphatic carbocycles. The number of benzene rings is 1. The summed E-state index contributed by atoms with van der Waals surface area (Å²) in [7, 11) is 0. The summed E-state index contributed by atoms with van der Waals surface area (Å²) in [5, 5.41) is 11.9. The van der Waals surface area contributed by atoms with Gasteiger partial charge in [-0.15, -0.1) is 0 Å². The van der Waals surface area contributed by atoms with Gasteiger partial charge in [0.2, 0.25) is 0 Å². The van der Waals surface area contributed by atoms with Crippen molar-refractivity contribution in [3.63, 3.8) is 0 Å². The molecular weight excluding hydrogens is 260 g/mol. The summed E-state index contributed by atoms with van der Waals surface area (Å²) in [5.74, 6) is 0. The SMILES string of the molecule is OC(c1ccncc1Cl)c1cccc2ncccc12. The first-order valence-corrected chi connectivity index (χ1v) is 6.26. The average Bonchev–Trinajstić information content (AvgIpc) is 2.46. The summed E-state index contributed by atoms with van der Waals surface area (Å²) < 4.78 is 0. The van der Waals surface area contributed by atoms with Crippen molar-refractivity contribution in [1.29, 1.82) is 0 Å². The summed E-state index contributed by atoms with van der Waals surface area (Å²) >= 11 is 6.08. The molecule has 19 heavy (non-hydrogen) atoms. The van der Waals surface area contributed by atoms with Crippen molar-refractivity contribution in [2.75, 3.05) is 0 Å². The smallest absolute Gasteiger partial charge is 0.106 e. The standard InChI is InChI=1S/C15H11ClN2O/c16-13-9-17-8-6-12(13)15(19)11-3-1-5-14-10(11)4-2-7-18-14/h1-9,15,19H. The molecule has 0 aliphatic heterocycles. The summed E-state index contributed by atoms with van der Waals surface area (Å²) in [6, 6.07) is 11.2. The number of nitrogens with zero attached hydrogens (tertiary/aromatic N) is 2. The number of fused-ring (bicyclic) bond motifs is 1. The van der Waals surface area contributed by atoms with E-state index >= 15 is 0 Å². The lowest BCUT2D eigenvalue weighted by Crippen LogP contribution is -2.02. The molecule has 0 amide bonds. The third-order valence-electron chi connectivity index (χ3n) is 3.07. The summed E-state index contributed by atoms with van der Waals surface area (Å²) in [5.41, 5.74) is 2.29. The van der Waals surface area contributed by atoms with E-state index < -0.39 is 6.10 Å². The summed E-state index contributed by atoms with van der Waals surface area (Å²) in [6.45, 7) is 0. The minimum absolute atomic E-state index is 0.455. The number of hydrogen-bond donors (Lipinski definition) is 1. The van der Waals surface area contributed by atoms with Crippen LogP contribution in [0, 0.1) is 0 Å². The van der Waals surface area contributed by atoms with Crippen LogP contribution in [0.5, 0.6) is 0 Å². The van der Waals surface area contributed by atoms with Gasteiger partial charge in [-0.25, -0.2) is 0 Å². The number of aliphatic hydroxyl groups excluding tert-OH is 1. The Kier molecular flexibility index (Phi) is 3.15. The minimum Gasteiger partial charge on any atom is -0.384 e. The van der Waals surface area contributed by atoms with Crippen LogP contribution in [0.25, 0.3) is 10.9 Å². The van der Waals surface area contributed by atoms with Crippen molar-refractivity contribution in [2.24, 2.45) is 0 Å². The van der Waals surface area contributed by atoms with Crippen molar-refractivity contribution < 1.29 is 5.11 Å². The van der Waals surface area contributed by atoms with Crippen molar-refractivity contribution in [3.05, 3.63) is 71.1 Å². The van der Waals surface area contributed by atoms with Crippen LogP contribution in [-0.2, 0) is 0 Å². The van der Waals surface area contributed by atoms with Crippen LogP contribution in [0.1, 0.15) is 17.2 Å². The first-order chi connectivity index (χ1) is 9.27. The zero-order valence-electron chi connectivity index (χ0n) is 9.99. The molecule has 0 aliphatic rings. The molecule has 4 heteroatoms. The Morgan fingerprint density at radius 3 is 2.74 bits per heavy atom. The second-order valence-electron chi connectivity index (χ2n) is 4.22. The van der Waals surface area contributed by atoms with Gasteiger partial charge in [0.05, 0.1) is 10.5 Å². The number of aliphatic hydroxyl groups is 1. The molecule has 0 saturated carbocycles. The maximum atomic E-state index is 10.5. The molecule has 0 spiro atoms. The third-order valence-corrected chi connectivity index (χ3v) is 3.39. The van der Waals surface area contributed by atoms with E-state index in [4.69, 9.17) is 11.6 Å². The second kappa shape index (κ2) is 4.96. The first-order valence-electron chi connectivity index (χ1n) is 5.88. The molecule has 1 aromatic carbocycles. The van der Waals surface area contributed by atoms with Crippen LogP contribution in [0.15, 0.2) is 55.0 Å². The van der Waals surface area contributed by atoms with E-state index in [9.17, 15) is 5.11 Å². The molecule has 1 unspecified atom stereocenters. The molecule has 2 heterocycles. The topological polar surface area (TPSA) is 46.0 Å². The highest BCUT2D eigenvalue weighted by Crippen LogP contribution is 2.31. The highest BCUT2D eigenvalue weighted by Gasteiger charge is 2.16. The predicted octanol–water partition coefficient (Wildman–Crippen LogP) is 3.36. The zero-order valence-corrected chi connectivity index (χ0v) is 10.7. The third kappa shape index (κ3) is 2.18. The Hall–Kier alpha value is -1.97. The Bertz CT molecular complexity index is 725. The monoisotopic (exact) mass is 270 g/mol. The Labute approximate surface area is 115 Å². The van der Waals surface area contributed by atoms with E-state index in [1.165, 1.54) is 6.20 Å². The minimum atomic E-state index is -0.789. The molecule has 0 saturated heterocycles. The maximum absolute atomic E-state index is 10.5. The lowest BCUT2D eigenvalue weighted by atomic mass is 9.98. The maximum Gasteiger partial charge on any atom is 0.106 e. The highest BCUT2D eigenvalue weighted by molar-refractivity contribution is 6.31. The van der Waals surface area contributed by atoms with E-state index in [1.54, 1.807) is 18.5 Å². The number of hydrogen-bond acceptors (Lipinski definition) is 3. The lowest BCUT2D eigenvalue weighted by molar-refractivity contribution is 0.222. The van der Waals surface area contributed by atoms with Crippen molar-refractivity contribution >= 4 is 22.5 Å². The van der Waals surface area contributed by atoms with E-state index in [-0.39, 0.29) is 0 Å². The highest BCUT2D eigenvalue weighted by atomic mass is 35.5. The molecule has 0 bridgehead atoms. The average molecular weight is 271 g/mol. The summed E-state index contributed by atoms with van der Waals surface area (Å²) in [6.07, 6.45) is 4.10. The van der Waals surface area contributed by atoms with Gasteiger partial charge < -0.3 is 5.11 Å². The van der Waals surface area contributed by atoms with Gasteiger partial charge in [0.25, 0.3) is 0 Å². The second-order valence-corrected chi connectivity index (χ2v) is 4.62. The van der Waals surface area contributed by atoms with Crippen molar-refractivity contribution in [2.45, 2.75) is 6.10 Å². The molecule has 94 valence electrons. The molecule has 3 aromatic rings. The van der Waals surface area contributed by atoms with Crippen molar-refractivity contribution in [3.8, 4) is 0 Å². The quantitative estimate of drug-likeness (QED) is 0.777. The van der Waals surface area contributed by atoms with Gasteiger partial charge in [-0.2, -0.15) is 0 Å². The van der Waals surface area contributed by atoms with Crippen LogP contribution in [0.3, 0.4) is 0 Å². The van der Waals surface area contributed by atoms with E-state index in [0.29, 0.717) is 10.6 Å². The van der Waals surface area contributed by atoms with Crippen LogP contribution >= 0.6 is 11.6 Å².